The summed E-state index contributed by atoms with van der Waals surface area (Å²) in [7, 11) is 0. The van der Waals surface area contributed by atoms with E-state index in [1.807, 2.05) is 24.3 Å². The SMILES string of the molecule is CCOC(=O)c1ccc([N+]([O-])=Cc2ccc(N(CC)CC)cc2)cc1. The molecule has 2 aromatic rings. The van der Waals surface area contributed by atoms with Crippen LogP contribution < -0.4 is 4.90 Å². The van der Waals surface area contributed by atoms with Crippen LogP contribution in [0.25, 0.3) is 0 Å². The van der Waals surface area contributed by atoms with E-state index < -0.39 is 0 Å². The smallest absolute Gasteiger partial charge is 0.338 e. The molecule has 2 aromatic carbocycles. The first-order chi connectivity index (χ1) is 12.1. The molecule has 132 valence electrons. The summed E-state index contributed by atoms with van der Waals surface area (Å²) >= 11 is 0. The van der Waals surface area contributed by atoms with E-state index in [-0.39, 0.29) is 5.97 Å². The topological polar surface area (TPSA) is 55.6 Å². The lowest BCUT2D eigenvalue weighted by Gasteiger charge is -2.20. The average Bonchev–Trinajstić information content (AvgIpc) is 2.64. The zero-order chi connectivity index (χ0) is 18.2. The summed E-state index contributed by atoms with van der Waals surface area (Å²) in [5.74, 6) is -0.387. The summed E-state index contributed by atoms with van der Waals surface area (Å²) < 4.78 is 5.72. The van der Waals surface area contributed by atoms with Gasteiger partial charge in [0.1, 0.15) is 0 Å². The van der Waals surface area contributed by atoms with Crippen molar-refractivity contribution < 1.29 is 14.3 Å². The van der Waals surface area contributed by atoms with Gasteiger partial charge in [-0.25, -0.2) is 4.79 Å². The largest absolute Gasteiger partial charge is 0.618 e. The molecule has 0 saturated heterocycles. The molecule has 0 spiro atoms. The van der Waals surface area contributed by atoms with Gasteiger partial charge in [0.05, 0.1) is 12.2 Å². The third-order valence-electron chi connectivity index (χ3n) is 3.92. The molecule has 0 aromatic heterocycles. The van der Waals surface area contributed by atoms with E-state index in [0.717, 1.165) is 29.1 Å². The minimum Gasteiger partial charge on any atom is -0.618 e. The van der Waals surface area contributed by atoms with Gasteiger partial charge in [0.15, 0.2) is 6.21 Å². The van der Waals surface area contributed by atoms with Gasteiger partial charge in [0, 0.05) is 36.5 Å². The van der Waals surface area contributed by atoms with Crippen molar-refractivity contribution in [2.45, 2.75) is 20.8 Å². The van der Waals surface area contributed by atoms with Gasteiger partial charge < -0.3 is 14.8 Å². The number of anilines is 1. The molecule has 0 bridgehead atoms. The van der Waals surface area contributed by atoms with Crippen LogP contribution in [0.5, 0.6) is 0 Å². The maximum absolute atomic E-state index is 12.3. The fraction of sp³-hybridized carbons (Fsp3) is 0.300. The van der Waals surface area contributed by atoms with E-state index >= 15 is 0 Å². The second-order valence-electron chi connectivity index (χ2n) is 5.49. The Kier molecular flexibility index (Phi) is 6.57. The maximum Gasteiger partial charge on any atom is 0.338 e. The standard InChI is InChI=1S/C20H24N2O3/c1-4-21(5-2)18-11-7-16(8-12-18)15-22(24)19-13-9-17(10-14-19)20(23)25-6-3/h7-15H,4-6H2,1-3H3. The number of hydrogen-bond acceptors (Lipinski definition) is 4. The summed E-state index contributed by atoms with van der Waals surface area (Å²) in [6.07, 6.45) is 1.52. The first-order valence-electron chi connectivity index (χ1n) is 8.52. The number of hydrogen-bond donors (Lipinski definition) is 0. The Balaban J connectivity index is 2.14. The minimum absolute atomic E-state index is 0.325. The second kappa shape index (κ2) is 8.87. The number of ether oxygens (including phenoxy) is 1. The van der Waals surface area contributed by atoms with Crippen LogP contribution in [0.3, 0.4) is 0 Å². The Hall–Kier alpha value is -2.82. The van der Waals surface area contributed by atoms with E-state index in [1.165, 1.54) is 6.21 Å². The van der Waals surface area contributed by atoms with Crippen molar-refractivity contribution in [1.82, 2.24) is 0 Å². The van der Waals surface area contributed by atoms with Gasteiger partial charge in [0.25, 0.3) is 0 Å². The summed E-state index contributed by atoms with van der Waals surface area (Å²) in [5.41, 5.74) is 2.85. The highest BCUT2D eigenvalue weighted by molar-refractivity contribution is 5.89. The molecule has 0 aliphatic carbocycles. The van der Waals surface area contributed by atoms with Crippen LogP contribution in [0.4, 0.5) is 11.4 Å². The van der Waals surface area contributed by atoms with Crippen LogP contribution in [-0.4, -0.2) is 36.6 Å². The lowest BCUT2D eigenvalue weighted by molar-refractivity contribution is -0.354. The van der Waals surface area contributed by atoms with Crippen LogP contribution in [0, 0.1) is 5.21 Å². The molecule has 25 heavy (non-hydrogen) atoms. The number of carbonyl (C=O) groups excluding carboxylic acids is 1. The highest BCUT2D eigenvalue weighted by Crippen LogP contribution is 2.16. The zero-order valence-electron chi connectivity index (χ0n) is 14.9. The van der Waals surface area contributed by atoms with Gasteiger partial charge in [-0.1, -0.05) is 0 Å². The molecule has 0 unspecified atom stereocenters. The van der Waals surface area contributed by atoms with Crippen molar-refractivity contribution in [2.75, 3.05) is 24.6 Å². The molecule has 5 heteroatoms. The first kappa shape index (κ1) is 18.5. The van der Waals surface area contributed by atoms with Crippen LogP contribution in [0.15, 0.2) is 48.5 Å². The summed E-state index contributed by atoms with van der Waals surface area (Å²) in [6, 6.07) is 14.3. The van der Waals surface area contributed by atoms with E-state index in [2.05, 4.69) is 18.7 Å². The molecular weight excluding hydrogens is 316 g/mol. The molecule has 0 saturated carbocycles. The lowest BCUT2D eigenvalue weighted by atomic mass is 10.2. The summed E-state index contributed by atoms with van der Waals surface area (Å²) in [4.78, 5) is 13.9. The molecule has 0 aliphatic heterocycles. The third kappa shape index (κ3) is 4.83. The van der Waals surface area contributed by atoms with E-state index in [0.29, 0.717) is 17.9 Å². The summed E-state index contributed by atoms with van der Waals surface area (Å²) in [5, 5.41) is 12.3. The molecule has 0 radical (unpaired) electrons. The predicted molar refractivity (Wildman–Crippen MR) is 101 cm³/mol. The third-order valence-corrected chi connectivity index (χ3v) is 3.92. The van der Waals surface area contributed by atoms with Gasteiger partial charge >= 0.3 is 5.97 Å². The number of benzene rings is 2. The molecule has 2 rings (SSSR count). The Morgan fingerprint density at radius 1 is 1.04 bits per heavy atom. The van der Waals surface area contributed by atoms with Crippen molar-refractivity contribution in [2.24, 2.45) is 0 Å². The second-order valence-corrected chi connectivity index (χ2v) is 5.49. The van der Waals surface area contributed by atoms with Crippen molar-refractivity contribution >= 4 is 23.6 Å². The molecule has 0 N–H and O–H groups in total. The zero-order valence-corrected chi connectivity index (χ0v) is 14.9. The number of esters is 1. The Labute approximate surface area is 148 Å². The maximum atomic E-state index is 12.3. The van der Waals surface area contributed by atoms with Crippen molar-refractivity contribution in [3.05, 3.63) is 64.9 Å². The van der Waals surface area contributed by atoms with Gasteiger partial charge in [-0.15, -0.1) is 0 Å². The van der Waals surface area contributed by atoms with Crippen molar-refractivity contribution in [1.29, 1.82) is 0 Å². The van der Waals surface area contributed by atoms with E-state index in [4.69, 9.17) is 4.74 Å². The van der Waals surface area contributed by atoms with Crippen LogP contribution in [0.1, 0.15) is 36.7 Å². The van der Waals surface area contributed by atoms with Gasteiger partial charge in [-0.2, -0.15) is 4.74 Å². The quantitative estimate of drug-likeness (QED) is 0.252. The van der Waals surface area contributed by atoms with E-state index in [9.17, 15) is 10.0 Å². The number of nitrogens with zero attached hydrogens (tertiary/aromatic N) is 2. The molecule has 5 nitrogen and oxygen atoms in total. The minimum atomic E-state index is -0.387. The molecule has 0 aliphatic rings. The molecule has 0 amide bonds. The molecule has 0 fully saturated rings. The van der Waals surface area contributed by atoms with Crippen LogP contribution in [0.2, 0.25) is 0 Å². The molecule has 0 atom stereocenters. The van der Waals surface area contributed by atoms with E-state index in [1.54, 1.807) is 31.2 Å². The van der Waals surface area contributed by atoms with Crippen LogP contribution >= 0.6 is 0 Å². The normalized spacial score (nSPS) is 11.2. The number of carbonyl (C=O) groups is 1. The summed E-state index contributed by atoms with van der Waals surface area (Å²) in [6.45, 7) is 8.20. The molecular formula is C20H24N2O3. The fourth-order valence-corrected chi connectivity index (χ4v) is 2.53. The first-order valence-corrected chi connectivity index (χ1v) is 8.52. The lowest BCUT2D eigenvalue weighted by Crippen LogP contribution is -2.21. The predicted octanol–water partition coefficient (Wildman–Crippen LogP) is 3.97. The fourth-order valence-electron chi connectivity index (χ4n) is 2.53. The van der Waals surface area contributed by atoms with Crippen molar-refractivity contribution in [3.63, 3.8) is 0 Å². The number of rotatable bonds is 7. The van der Waals surface area contributed by atoms with Gasteiger partial charge in [-0.3, -0.25) is 0 Å². The Morgan fingerprint density at radius 3 is 2.16 bits per heavy atom. The van der Waals surface area contributed by atoms with Gasteiger partial charge in [-0.05, 0) is 57.2 Å². The Morgan fingerprint density at radius 2 is 1.64 bits per heavy atom. The van der Waals surface area contributed by atoms with Crippen LogP contribution in [-0.2, 0) is 4.74 Å². The molecule has 0 heterocycles. The Bertz CT molecular complexity index is 718. The van der Waals surface area contributed by atoms with Crippen molar-refractivity contribution in [3.8, 4) is 0 Å². The van der Waals surface area contributed by atoms with Gasteiger partial charge in [0.2, 0.25) is 5.69 Å². The highest BCUT2D eigenvalue weighted by Gasteiger charge is 2.09. The monoisotopic (exact) mass is 340 g/mol. The highest BCUT2D eigenvalue weighted by atomic mass is 16.5. The average molecular weight is 340 g/mol.